The molecule has 0 fully saturated rings. The van der Waals surface area contributed by atoms with E-state index >= 15 is 0 Å². The Hall–Kier alpha value is -3.12. The lowest BCUT2D eigenvalue weighted by molar-refractivity contribution is -0.139. The summed E-state index contributed by atoms with van der Waals surface area (Å²) >= 11 is 5.83. The van der Waals surface area contributed by atoms with Crippen molar-refractivity contribution in [2.24, 2.45) is 0 Å². The maximum atomic E-state index is 12.3. The summed E-state index contributed by atoms with van der Waals surface area (Å²) in [6.07, 6.45) is -0.174. The summed E-state index contributed by atoms with van der Waals surface area (Å²) in [6, 6.07) is 9.62. The van der Waals surface area contributed by atoms with Gasteiger partial charge in [-0.1, -0.05) is 11.6 Å². The zero-order valence-electron chi connectivity index (χ0n) is 15.5. The van der Waals surface area contributed by atoms with Crippen LogP contribution >= 0.6 is 11.6 Å². The largest absolute Gasteiger partial charge is 0.469 e. The van der Waals surface area contributed by atoms with Gasteiger partial charge in [0, 0.05) is 16.0 Å². The van der Waals surface area contributed by atoms with E-state index in [-0.39, 0.29) is 17.7 Å². The first-order valence-electron chi connectivity index (χ1n) is 8.42. The van der Waals surface area contributed by atoms with Gasteiger partial charge in [-0.2, -0.15) is 0 Å². The van der Waals surface area contributed by atoms with Gasteiger partial charge in [0.1, 0.15) is 11.3 Å². The van der Waals surface area contributed by atoms with Crippen molar-refractivity contribution in [3.63, 3.8) is 0 Å². The molecule has 7 heteroatoms. The number of benzene rings is 2. The van der Waals surface area contributed by atoms with Gasteiger partial charge in [0.25, 0.3) is 0 Å². The van der Waals surface area contributed by atoms with Crippen LogP contribution in [0.15, 0.2) is 45.6 Å². The second-order valence-corrected chi connectivity index (χ2v) is 6.64. The molecule has 6 nitrogen and oxygen atoms in total. The van der Waals surface area contributed by atoms with Crippen LogP contribution in [-0.4, -0.2) is 19.0 Å². The van der Waals surface area contributed by atoms with Crippen molar-refractivity contribution in [3.05, 3.63) is 74.1 Å². The Morgan fingerprint density at radius 1 is 1.04 bits per heavy atom. The molecule has 144 valence electrons. The van der Waals surface area contributed by atoms with E-state index in [1.54, 1.807) is 50.2 Å². The third-order valence-electron chi connectivity index (χ3n) is 4.49. The Labute approximate surface area is 165 Å². The number of ether oxygens (including phenoxy) is 2. The van der Waals surface area contributed by atoms with Crippen LogP contribution in [-0.2, 0) is 16.0 Å². The topological polar surface area (TPSA) is 82.8 Å². The Morgan fingerprint density at radius 2 is 1.71 bits per heavy atom. The second kappa shape index (κ2) is 7.86. The van der Waals surface area contributed by atoms with Crippen LogP contribution in [0.5, 0.6) is 5.75 Å². The molecule has 0 spiro atoms. The first-order chi connectivity index (χ1) is 13.3. The van der Waals surface area contributed by atoms with Crippen molar-refractivity contribution >= 4 is 34.5 Å². The highest BCUT2D eigenvalue weighted by atomic mass is 35.5. The number of carbonyl (C=O) groups excluding carboxylic acids is 2. The molecule has 0 saturated heterocycles. The molecule has 3 rings (SSSR count). The number of methoxy groups -OCH3 is 1. The fraction of sp³-hybridized carbons (Fsp3) is 0.190. The van der Waals surface area contributed by atoms with Crippen LogP contribution in [0.4, 0.5) is 0 Å². The van der Waals surface area contributed by atoms with Gasteiger partial charge in [-0.25, -0.2) is 9.59 Å². The van der Waals surface area contributed by atoms with Crippen molar-refractivity contribution < 1.29 is 23.5 Å². The minimum Gasteiger partial charge on any atom is -0.469 e. The quantitative estimate of drug-likeness (QED) is 0.374. The molecule has 0 aliphatic heterocycles. The van der Waals surface area contributed by atoms with E-state index < -0.39 is 17.6 Å². The molecular formula is C21H17ClO6. The first kappa shape index (κ1) is 19.6. The minimum atomic E-state index is -0.625. The summed E-state index contributed by atoms with van der Waals surface area (Å²) in [5.74, 6) is -0.809. The lowest BCUT2D eigenvalue weighted by atomic mass is 10.0. The summed E-state index contributed by atoms with van der Waals surface area (Å²) in [5.41, 5.74) is 1.39. The fourth-order valence-corrected chi connectivity index (χ4v) is 2.97. The predicted octanol–water partition coefficient (Wildman–Crippen LogP) is 4.00. The first-order valence-corrected chi connectivity index (χ1v) is 8.80. The summed E-state index contributed by atoms with van der Waals surface area (Å²) in [4.78, 5) is 36.2. The van der Waals surface area contributed by atoms with E-state index in [9.17, 15) is 14.4 Å². The van der Waals surface area contributed by atoms with Crippen molar-refractivity contribution in [2.45, 2.75) is 20.3 Å². The highest BCUT2D eigenvalue weighted by Crippen LogP contribution is 2.30. The molecule has 1 heterocycles. The van der Waals surface area contributed by atoms with E-state index in [1.165, 1.54) is 7.11 Å². The van der Waals surface area contributed by atoms with Crippen molar-refractivity contribution in [2.75, 3.05) is 7.11 Å². The third kappa shape index (κ3) is 3.77. The SMILES string of the molecule is COC(=O)Cc1c(C)c2ccc(OC(=O)c3ccc(Cl)cc3)c(C)c2oc1=O. The molecule has 0 radical (unpaired) electrons. The standard InChI is InChI=1S/C21H17ClO6/c1-11-15-8-9-17(27-20(24)13-4-6-14(22)7-5-13)12(2)19(15)28-21(25)16(11)10-18(23)26-3/h4-9H,10H2,1-3H3. The number of fused-ring (bicyclic) bond motifs is 1. The minimum absolute atomic E-state index is 0.174. The van der Waals surface area contributed by atoms with Crippen LogP contribution in [0.25, 0.3) is 11.0 Å². The van der Waals surface area contributed by atoms with Crippen molar-refractivity contribution in [1.29, 1.82) is 0 Å². The van der Waals surface area contributed by atoms with E-state index in [4.69, 9.17) is 20.8 Å². The summed E-state index contributed by atoms with van der Waals surface area (Å²) < 4.78 is 15.5. The molecule has 0 saturated carbocycles. The van der Waals surface area contributed by atoms with Gasteiger partial charge in [0.2, 0.25) is 0 Å². The lowest BCUT2D eigenvalue weighted by Crippen LogP contribution is -2.16. The van der Waals surface area contributed by atoms with Gasteiger partial charge in [-0.05, 0) is 55.8 Å². The molecule has 0 N–H and O–H groups in total. The lowest BCUT2D eigenvalue weighted by Gasteiger charge is -2.12. The van der Waals surface area contributed by atoms with Crippen molar-refractivity contribution in [1.82, 2.24) is 0 Å². The number of halogens is 1. The maximum Gasteiger partial charge on any atom is 0.343 e. The number of rotatable bonds is 4. The van der Waals surface area contributed by atoms with Gasteiger partial charge in [0.15, 0.2) is 0 Å². The van der Waals surface area contributed by atoms with Gasteiger partial charge >= 0.3 is 17.6 Å². The molecule has 0 atom stereocenters. The highest BCUT2D eigenvalue weighted by molar-refractivity contribution is 6.30. The van der Waals surface area contributed by atoms with Crippen LogP contribution in [0.3, 0.4) is 0 Å². The van der Waals surface area contributed by atoms with E-state index in [0.717, 1.165) is 0 Å². The number of carbonyl (C=O) groups is 2. The summed E-state index contributed by atoms with van der Waals surface area (Å²) in [7, 11) is 1.26. The Bertz CT molecular complexity index is 1130. The average molecular weight is 401 g/mol. The number of hydrogen-bond donors (Lipinski definition) is 0. The molecule has 0 bridgehead atoms. The van der Waals surface area contributed by atoms with Crippen LogP contribution in [0.2, 0.25) is 5.02 Å². The molecule has 2 aromatic carbocycles. The summed E-state index contributed by atoms with van der Waals surface area (Å²) in [5, 5.41) is 1.17. The fourth-order valence-electron chi connectivity index (χ4n) is 2.85. The molecule has 0 unspecified atom stereocenters. The smallest absolute Gasteiger partial charge is 0.343 e. The molecule has 0 aliphatic carbocycles. The van der Waals surface area contributed by atoms with Gasteiger partial charge in [-0.3, -0.25) is 4.79 Å². The number of aryl methyl sites for hydroxylation is 2. The monoisotopic (exact) mass is 400 g/mol. The maximum absolute atomic E-state index is 12.3. The Morgan fingerprint density at radius 3 is 2.36 bits per heavy atom. The van der Waals surface area contributed by atoms with Crippen LogP contribution in [0, 0.1) is 13.8 Å². The van der Waals surface area contributed by atoms with Crippen LogP contribution in [0.1, 0.15) is 27.0 Å². The molecule has 0 amide bonds. The molecule has 1 aromatic heterocycles. The summed E-state index contributed by atoms with van der Waals surface area (Å²) in [6.45, 7) is 3.42. The zero-order chi connectivity index (χ0) is 20.4. The predicted molar refractivity (Wildman–Crippen MR) is 104 cm³/mol. The molecule has 0 aliphatic rings. The second-order valence-electron chi connectivity index (χ2n) is 6.21. The highest BCUT2D eigenvalue weighted by Gasteiger charge is 2.19. The van der Waals surface area contributed by atoms with Gasteiger partial charge in [0.05, 0.1) is 24.7 Å². The molecule has 3 aromatic rings. The van der Waals surface area contributed by atoms with Gasteiger partial charge < -0.3 is 13.9 Å². The Balaban J connectivity index is 2.00. The molecular weight excluding hydrogens is 384 g/mol. The van der Waals surface area contributed by atoms with E-state index in [1.807, 2.05) is 0 Å². The third-order valence-corrected chi connectivity index (χ3v) is 4.74. The van der Waals surface area contributed by atoms with Gasteiger partial charge in [-0.15, -0.1) is 0 Å². The Kier molecular flexibility index (Phi) is 5.51. The molecule has 28 heavy (non-hydrogen) atoms. The van der Waals surface area contributed by atoms with Crippen molar-refractivity contribution in [3.8, 4) is 5.75 Å². The zero-order valence-corrected chi connectivity index (χ0v) is 16.3. The van der Waals surface area contributed by atoms with E-state index in [2.05, 4.69) is 4.74 Å². The normalized spacial score (nSPS) is 10.7. The number of hydrogen-bond acceptors (Lipinski definition) is 6. The number of esters is 2. The van der Waals surface area contributed by atoms with E-state index in [0.29, 0.717) is 32.7 Å². The van der Waals surface area contributed by atoms with Crippen LogP contribution < -0.4 is 10.4 Å². The average Bonchev–Trinajstić information content (AvgIpc) is 2.68.